The third-order valence-electron chi connectivity index (χ3n) is 14.6. The molecule has 0 atom stereocenters. The van der Waals surface area contributed by atoms with E-state index in [0.717, 1.165) is 0 Å². The number of hydrogen-bond donors (Lipinski definition) is 0. The van der Waals surface area contributed by atoms with Crippen LogP contribution in [0.4, 0.5) is 0 Å². The molecule has 468 valence electrons. The van der Waals surface area contributed by atoms with Crippen LogP contribution in [0.25, 0.3) is 0 Å². The van der Waals surface area contributed by atoms with E-state index in [1.165, 1.54) is 121 Å². The molecule has 0 saturated carbocycles. The molecule has 0 nitrogen and oxygen atoms in total. The Morgan fingerprint density at radius 1 is 0.198 bits per heavy atom. The summed E-state index contributed by atoms with van der Waals surface area (Å²) in [7, 11) is 0. The molecule has 10 aromatic rings. The van der Waals surface area contributed by atoms with Gasteiger partial charge in [0.15, 0.2) is 0 Å². The van der Waals surface area contributed by atoms with Gasteiger partial charge in [-0.3, -0.25) is 0 Å². The molecule has 0 saturated heterocycles. The zero-order valence-electron chi connectivity index (χ0n) is 56.1. The monoisotopic (exact) mass is 1630 g/mol. The Morgan fingerprint density at radius 2 is 0.319 bits per heavy atom. The molecule has 0 bridgehead atoms. The first kappa shape index (κ1) is 79.4. The van der Waals surface area contributed by atoms with Crippen LogP contribution in [0.2, 0.25) is 31.5 Å². The predicted octanol–water partition coefficient (Wildman–Crippen LogP) is 16.5. The van der Waals surface area contributed by atoms with E-state index in [0.29, 0.717) is 46.3 Å². The summed E-state index contributed by atoms with van der Waals surface area (Å²) in [6, 6.07) is 109. The van der Waals surface area contributed by atoms with E-state index in [4.69, 9.17) is 0 Å². The van der Waals surface area contributed by atoms with Gasteiger partial charge in [0.25, 0.3) is 0 Å². The van der Waals surface area contributed by atoms with Gasteiger partial charge in [-0.2, -0.15) is 0 Å². The van der Waals surface area contributed by atoms with Crippen LogP contribution in [0.1, 0.15) is 119 Å². The fraction of sp³-hybridized carbons (Fsp3) is 0.286. The van der Waals surface area contributed by atoms with Gasteiger partial charge in [0.1, 0.15) is 0 Å². The normalized spacial score (nSPS) is 10.3. The minimum atomic E-state index is -1.63. The average molecular weight is 1620 g/mol. The Hall–Kier alpha value is -4.00. The topological polar surface area (TPSA) is 0 Å². The van der Waals surface area contributed by atoms with Crippen LogP contribution in [-0.4, -0.2) is 106 Å². The summed E-state index contributed by atoms with van der Waals surface area (Å²) in [5.41, 5.74) is 0. The molecule has 0 fully saturated rings. The molecule has 0 aliphatic heterocycles. The van der Waals surface area contributed by atoms with E-state index in [2.05, 4.69) is 343 Å². The van der Waals surface area contributed by atoms with Gasteiger partial charge in [0.05, 0.1) is 0 Å². The molecule has 0 aliphatic carbocycles. The second kappa shape index (κ2) is 55.3. The van der Waals surface area contributed by atoms with E-state index in [-0.39, 0.29) is 0 Å². The Kier molecular flexibility index (Phi) is 48.3. The van der Waals surface area contributed by atoms with Gasteiger partial charge in [-0.15, -0.1) is 0 Å². The Morgan fingerprint density at radius 3 is 0.418 bits per heavy atom. The number of benzene rings is 10. The van der Waals surface area contributed by atoms with E-state index < -0.39 is 43.0 Å². The predicted molar refractivity (Wildman–Crippen MR) is 419 cm³/mol. The van der Waals surface area contributed by atoms with Crippen molar-refractivity contribution in [1.82, 2.24) is 0 Å². The van der Waals surface area contributed by atoms with Gasteiger partial charge in [0.2, 0.25) is 0 Å². The average Bonchev–Trinajstić information content (AvgIpc) is 2.34. The SMILES string of the molecule is CCC[CH2][Ge][CH2]CCC.CCC[CH2][Ge][CH2]CCC.CCC[CH2][Ge][CH2]CCC.[Ge][c]1ccccc1.c1cc[c]([Ge]([c]2ccccc2)[c]2ccccc2)cc1.c1cc[c]([Ge]([c]2ccccc2)[c]2ccccc2)cc1.c1cc[c]([Ge]([c]2ccccc2)[c]2ccccc2)cc1. The van der Waals surface area contributed by atoms with Gasteiger partial charge in [-0.1, -0.05) is 0 Å². The first-order valence-corrected chi connectivity index (χ1v) is 53.4. The van der Waals surface area contributed by atoms with E-state index in [1.807, 2.05) is 18.2 Å². The van der Waals surface area contributed by atoms with Crippen molar-refractivity contribution < 1.29 is 0 Å². The van der Waals surface area contributed by atoms with Crippen molar-refractivity contribution in [3.05, 3.63) is 303 Å². The maximum absolute atomic E-state index is 2.28. The van der Waals surface area contributed by atoms with E-state index in [1.54, 1.807) is 31.5 Å². The van der Waals surface area contributed by atoms with Gasteiger partial charge >= 0.3 is 603 Å². The van der Waals surface area contributed by atoms with Crippen LogP contribution in [0.5, 0.6) is 0 Å². The molecule has 91 heavy (non-hydrogen) atoms. The molecule has 0 unspecified atom stereocenters. The summed E-state index contributed by atoms with van der Waals surface area (Å²) in [6.45, 7) is 13.7. The van der Waals surface area contributed by atoms with E-state index >= 15 is 0 Å². The van der Waals surface area contributed by atoms with Crippen molar-refractivity contribution >= 4 is 150 Å². The van der Waals surface area contributed by atoms with Crippen molar-refractivity contribution in [3.63, 3.8) is 0 Å². The molecule has 0 aliphatic rings. The van der Waals surface area contributed by atoms with Crippen LogP contribution < -0.4 is 44.0 Å². The molecular formula is C84H104Ge7. The van der Waals surface area contributed by atoms with Crippen LogP contribution in [-0.2, 0) is 0 Å². The van der Waals surface area contributed by atoms with Gasteiger partial charge < -0.3 is 0 Å². The standard InChI is InChI=1S/3C18H15Ge.3C8H18Ge.C6H5Ge/c3*1-4-10-16(11-5-1)19(17-12-6-2-7-13-17)18-14-8-3-9-15-18;3*1-3-5-7-9-8-6-4-2;7-6-4-2-1-3-5-6/h3*1-15H;3*3-8H2,1-2H3;1-5H. The summed E-state index contributed by atoms with van der Waals surface area (Å²) >= 11 is -1.32. The van der Waals surface area contributed by atoms with Crippen LogP contribution in [0, 0.1) is 0 Å². The first-order chi connectivity index (χ1) is 45.0. The summed E-state index contributed by atoms with van der Waals surface area (Å²) in [5.74, 6) is 0. The molecule has 12 radical (unpaired) electrons. The van der Waals surface area contributed by atoms with Crippen LogP contribution >= 0.6 is 0 Å². The molecule has 10 aromatic carbocycles. The van der Waals surface area contributed by atoms with Crippen molar-refractivity contribution in [2.75, 3.05) is 0 Å². The minimum absolute atomic E-state index is 0.496. The quantitative estimate of drug-likeness (QED) is 0.0356. The number of unbranched alkanes of at least 4 members (excludes halogenated alkanes) is 6. The first-order valence-electron chi connectivity index (χ1n) is 34.0. The zero-order chi connectivity index (χ0) is 64.7. The molecule has 0 spiro atoms. The third kappa shape index (κ3) is 35.9. The van der Waals surface area contributed by atoms with Crippen molar-refractivity contribution in [3.8, 4) is 0 Å². The summed E-state index contributed by atoms with van der Waals surface area (Å²) in [4.78, 5) is 0. The fourth-order valence-electron chi connectivity index (χ4n) is 9.57. The Bertz CT molecular complexity index is 2510. The van der Waals surface area contributed by atoms with E-state index in [9.17, 15) is 0 Å². The van der Waals surface area contributed by atoms with Crippen LogP contribution in [0.15, 0.2) is 303 Å². The molecule has 0 aromatic heterocycles. The van der Waals surface area contributed by atoms with Gasteiger partial charge in [-0.05, 0) is 0 Å². The fourth-order valence-corrected chi connectivity index (χ4v) is 35.4. The van der Waals surface area contributed by atoms with Gasteiger partial charge in [-0.25, -0.2) is 0 Å². The summed E-state index contributed by atoms with van der Waals surface area (Å²) in [5, 5.41) is 9.48. The van der Waals surface area contributed by atoms with Crippen LogP contribution in [0.3, 0.4) is 0 Å². The Balaban J connectivity index is 0.000000235. The molecular weight excluding hydrogens is 1520 g/mol. The second-order valence-electron chi connectivity index (χ2n) is 22.2. The van der Waals surface area contributed by atoms with Crippen molar-refractivity contribution in [2.24, 2.45) is 0 Å². The zero-order valence-corrected chi connectivity index (χ0v) is 70.8. The maximum atomic E-state index is 2.28. The number of hydrogen-bond acceptors (Lipinski definition) is 0. The summed E-state index contributed by atoms with van der Waals surface area (Å²) < 4.78 is 14.8. The summed E-state index contributed by atoms with van der Waals surface area (Å²) in [6.07, 6.45) is 17.3. The number of rotatable bonds is 27. The molecule has 0 N–H and O–H groups in total. The molecule has 0 amide bonds. The molecule has 10 rings (SSSR count). The third-order valence-corrected chi connectivity index (χ3v) is 41.4. The molecule has 7 heteroatoms. The van der Waals surface area contributed by atoms with Crippen molar-refractivity contribution in [2.45, 2.75) is 150 Å². The second-order valence-corrected chi connectivity index (χ2v) is 48.4. The van der Waals surface area contributed by atoms with Gasteiger partial charge in [0, 0.05) is 0 Å². The Labute approximate surface area is 596 Å². The molecule has 0 heterocycles. The van der Waals surface area contributed by atoms with Crippen molar-refractivity contribution in [1.29, 1.82) is 0 Å².